The summed E-state index contributed by atoms with van der Waals surface area (Å²) in [6, 6.07) is 7.92. The van der Waals surface area contributed by atoms with Gasteiger partial charge >= 0.3 is 0 Å². The number of rotatable bonds is 7. The molecule has 0 aliphatic carbocycles. The Labute approximate surface area is 158 Å². The molecule has 0 aliphatic rings. The molecule has 0 aliphatic heterocycles. The van der Waals surface area contributed by atoms with Gasteiger partial charge in [-0.15, -0.1) is 0 Å². The highest BCUT2D eigenvalue weighted by Gasteiger charge is 2.22. The Hall–Kier alpha value is -2.02. The van der Waals surface area contributed by atoms with Gasteiger partial charge in [0.1, 0.15) is 5.82 Å². The fourth-order valence-corrected chi connectivity index (χ4v) is 2.94. The van der Waals surface area contributed by atoms with Gasteiger partial charge in [0.2, 0.25) is 5.28 Å². The molecule has 0 amide bonds. The molecule has 0 unspecified atom stereocenters. The average molecular weight is 375 g/mol. The van der Waals surface area contributed by atoms with E-state index >= 15 is 0 Å². The van der Waals surface area contributed by atoms with Gasteiger partial charge in [-0.3, -0.25) is 4.57 Å². The summed E-state index contributed by atoms with van der Waals surface area (Å²) < 4.78 is 13.6. The SMILES string of the molecule is CCOC(OCC)c1cc2cnc(Cl)nc2n1-c1cccc(C(C)C)n1. The molecule has 7 heteroatoms. The lowest BCUT2D eigenvalue weighted by atomic mass is 10.1. The van der Waals surface area contributed by atoms with E-state index in [0.717, 1.165) is 22.6 Å². The third kappa shape index (κ3) is 3.72. The van der Waals surface area contributed by atoms with Crippen LogP contribution in [0, 0.1) is 0 Å². The van der Waals surface area contributed by atoms with E-state index in [4.69, 9.17) is 26.1 Å². The van der Waals surface area contributed by atoms with Crippen LogP contribution in [0.15, 0.2) is 30.5 Å². The Bertz CT molecular complexity index is 888. The third-order valence-electron chi connectivity index (χ3n) is 3.99. The number of ether oxygens (including phenoxy) is 2. The summed E-state index contributed by atoms with van der Waals surface area (Å²) in [7, 11) is 0. The lowest BCUT2D eigenvalue weighted by Gasteiger charge is -2.19. The van der Waals surface area contributed by atoms with Crippen LogP contribution in [0.2, 0.25) is 5.28 Å². The molecule has 26 heavy (non-hydrogen) atoms. The first kappa shape index (κ1) is 18.8. The maximum atomic E-state index is 6.05. The van der Waals surface area contributed by atoms with Crippen molar-refractivity contribution < 1.29 is 9.47 Å². The lowest BCUT2D eigenvalue weighted by molar-refractivity contribution is -0.143. The van der Waals surface area contributed by atoms with Gasteiger partial charge in [-0.1, -0.05) is 19.9 Å². The molecular formula is C19H23ClN4O2. The predicted molar refractivity (Wildman–Crippen MR) is 102 cm³/mol. The fraction of sp³-hybridized carbons (Fsp3) is 0.421. The highest BCUT2D eigenvalue weighted by atomic mass is 35.5. The highest BCUT2D eigenvalue weighted by Crippen LogP contribution is 2.30. The van der Waals surface area contributed by atoms with Gasteiger partial charge in [-0.25, -0.2) is 9.97 Å². The number of fused-ring (bicyclic) bond motifs is 1. The summed E-state index contributed by atoms with van der Waals surface area (Å²) in [5.41, 5.74) is 2.49. The van der Waals surface area contributed by atoms with Gasteiger partial charge in [0.05, 0.1) is 5.69 Å². The van der Waals surface area contributed by atoms with Crippen LogP contribution in [-0.2, 0) is 9.47 Å². The Kier molecular flexibility index (Phi) is 5.86. The molecule has 0 N–H and O–H groups in total. The van der Waals surface area contributed by atoms with Crippen LogP contribution in [0.1, 0.15) is 51.3 Å². The van der Waals surface area contributed by atoms with E-state index in [2.05, 4.69) is 23.8 Å². The lowest BCUT2D eigenvalue weighted by Crippen LogP contribution is -2.14. The minimum absolute atomic E-state index is 0.188. The topological polar surface area (TPSA) is 62.1 Å². The molecular weight excluding hydrogens is 352 g/mol. The van der Waals surface area contributed by atoms with Gasteiger partial charge < -0.3 is 9.47 Å². The molecule has 3 aromatic rings. The van der Waals surface area contributed by atoms with Crippen LogP contribution < -0.4 is 0 Å². The summed E-state index contributed by atoms with van der Waals surface area (Å²) in [6.07, 6.45) is 1.17. The van der Waals surface area contributed by atoms with Crippen molar-refractivity contribution >= 4 is 22.6 Å². The van der Waals surface area contributed by atoms with Crippen LogP contribution in [0.4, 0.5) is 0 Å². The van der Waals surface area contributed by atoms with Crippen molar-refractivity contribution in [1.82, 2.24) is 19.5 Å². The normalized spacial score (nSPS) is 11.8. The molecule has 0 bridgehead atoms. The molecule has 3 aromatic heterocycles. The molecule has 0 radical (unpaired) electrons. The van der Waals surface area contributed by atoms with E-state index in [0.29, 0.717) is 24.8 Å². The van der Waals surface area contributed by atoms with Crippen molar-refractivity contribution in [3.8, 4) is 5.82 Å². The standard InChI is InChI=1S/C19H23ClN4O2/c1-5-25-18(26-6-2)15-10-13-11-21-19(20)23-17(13)24(15)16-9-7-8-14(22-16)12(3)4/h7-12,18H,5-6H2,1-4H3. The smallest absolute Gasteiger partial charge is 0.224 e. The second-order valence-corrected chi connectivity index (χ2v) is 6.48. The Morgan fingerprint density at radius 3 is 2.50 bits per heavy atom. The third-order valence-corrected chi connectivity index (χ3v) is 4.18. The first-order chi connectivity index (χ1) is 12.5. The summed E-state index contributed by atoms with van der Waals surface area (Å²) in [5, 5.41) is 1.04. The second kappa shape index (κ2) is 8.12. The zero-order valence-corrected chi connectivity index (χ0v) is 16.2. The first-order valence-electron chi connectivity index (χ1n) is 8.79. The molecule has 3 heterocycles. The van der Waals surface area contributed by atoms with E-state index in [9.17, 15) is 0 Å². The van der Waals surface area contributed by atoms with Crippen molar-refractivity contribution in [2.75, 3.05) is 13.2 Å². The molecule has 0 saturated carbocycles. The van der Waals surface area contributed by atoms with Crippen LogP contribution in [-0.4, -0.2) is 32.7 Å². The van der Waals surface area contributed by atoms with E-state index in [1.165, 1.54) is 0 Å². The molecule has 0 atom stereocenters. The molecule has 0 spiro atoms. The maximum Gasteiger partial charge on any atom is 0.224 e. The zero-order valence-electron chi connectivity index (χ0n) is 15.4. The van der Waals surface area contributed by atoms with E-state index < -0.39 is 6.29 Å². The summed E-state index contributed by atoms with van der Waals surface area (Å²) in [6.45, 7) is 9.16. The minimum Gasteiger partial charge on any atom is -0.347 e. The Morgan fingerprint density at radius 2 is 1.85 bits per heavy atom. The predicted octanol–water partition coefficient (Wildman–Crippen LogP) is 4.66. The van der Waals surface area contributed by atoms with E-state index in [1.807, 2.05) is 42.7 Å². The number of nitrogens with zero attached hydrogens (tertiary/aromatic N) is 4. The average Bonchev–Trinajstić information content (AvgIpc) is 3.00. The van der Waals surface area contributed by atoms with Crippen LogP contribution in [0.3, 0.4) is 0 Å². The number of halogens is 1. The van der Waals surface area contributed by atoms with Crippen molar-refractivity contribution in [2.24, 2.45) is 0 Å². The number of hydrogen-bond acceptors (Lipinski definition) is 5. The summed E-state index contributed by atoms with van der Waals surface area (Å²) >= 11 is 6.05. The quantitative estimate of drug-likeness (QED) is 0.444. The van der Waals surface area contributed by atoms with Gasteiger partial charge in [-0.05, 0) is 49.6 Å². The minimum atomic E-state index is -0.525. The van der Waals surface area contributed by atoms with Gasteiger partial charge in [0, 0.05) is 30.5 Å². The number of pyridine rings is 1. The summed E-state index contributed by atoms with van der Waals surface area (Å²) in [5.74, 6) is 1.06. The Balaban J connectivity index is 2.25. The molecule has 138 valence electrons. The van der Waals surface area contributed by atoms with Crippen LogP contribution >= 0.6 is 11.6 Å². The van der Waals surface area contributed by atoms with Crippen LogP contribution in [0.25, 0.3) is 16.9 Å². The maximum absolute atomic E-state index is 6.05. The molecule has 0 fully saturated rings. The largest absolute Gasteiger partial charge is 0.347 e. The van der Waals surface area contributed by atoms with Crippen molar-refractivity contribution in [3.05, 3.63) is 47.1 Å². The Morgan fingerprint density at radius 1 is 1.12 bits per heavy atom. The second-order valence-electron chi connectivity index (χ2n) is 6.14. The number of aromatic nitrogens is 4. The number of hydrogen-bond donors (Lipinski definition) is 0. The zero-order chi connectivity index (χ0) is 18.7. The van der Waals surface area contributed by atoms with Gasteiger partial charge in [0.15, 0.2) is 11.9 Å². The van der Waals surface area contributed by atoms with Gasteiger partial charge in [-0.2, -0.15) is 4.98 Å². The molecule has 6 nitrogen and oxygen atoms in total. The molecule has 0 aromatic carbocycles. The van der Waals surface area contributed by atoms with Crippen molar-refractivity contribution in [1.29, 1.82) is 0 Å². The van der Waals surface area contributed by atoms with E-state index in [-0.39, 0.29) is 5.28 Å². The van der Waals surface area contributed by atoms with Gasteiger partial charge in [0.25, 0.3) is 0 Å². The monoisotopic (exact) mass is 374 g/mol. The van der Waals surface area contributed by atoms with Crippen molar-refractivity contribution in [3.63, 3.8) is 0 Å². The van der Waals surface area contributed by atoms with Crippen LogP contribution in [0.5, 0.6) is 0 Å². The van der Waals surface area contributed by atoms with Crippen molar-refractivity contribution in [2.45, 2.75) is 39.9 Å². The van der Waals surface area contributed by atoms with E-state index in [1.54, 1.807) is 6.20 Å². The molecule has 0 saturated heterocycles. The molecule has 3 rings (SSSR count). The fourth-order valence-electron chi connectivity index (χ4n) is 2.81. The highest BCUT2D eigenvalue weighted by molar-refractivity contribution is 6.28. The first-order valence-corrected chi connectivity index (χ1v) is 9.17. The summed E-state index contributed by atoms with van der Waals surface area (Å²) in [4.78, 5) is 13.3.